The number of carbonyl (C=O) groups excluding carboxylic acids is 3. The van der Waals surface area contributed by atoms with Gasteiger partial charge in [-0.05, 0) is 48.0 Å². The Kier molecular flexibility index (Phi) is 4.14. The van der Waals surface area contributed by atoms with Crippen molar-refractivity contribution in [3.8, 4) is 0 Å². The molecule has 0 radical (unpaired) electrons. The van der Waals surface area contributed by atoms with Crippen molar-refractivity contribution >= 4 is 34.3 Å². The first-order valence-corrected chi connectivity index (χ1v) is 9.39. The molecular weight excluding hydrogens is 380 g/mol. The molecule has 0 saturated heterocycles. The number of anilines is 1. The van der Waals surface area contributed by atoms with Gasteiger partial charge in [-0.15, -0.1) is 0 Å². The number of H-pyrrole nitrogens is 1. The molecule has 4 aromatic rings. The van der Waals surface area contributed by atoms with Crippen molar-refractivity contribution in [2.45, 2.75) is 6.54 Å². The van der Waals surface area contributed by atoms with Crippen molar-refractivity contribution in [2.24, 2.45) is 0 Å². The van der Waals surface area contributed by atoms with Crippen LogP contribution in [0.25, 0.3) is 10.9 Å². The van der Waals surface area contributed by atoms with E-state index < -0.39 is 0 Å². The Morgan fingerprint density at radius 1 is 0.933 bits per heavy atom. The Morgan fingerprint density at radius 2 is 1.63 bits per heavy atom. The minimum absolute atomic E-state index is 0.158. The lowest BCUT2D eigenvalue weighted by Crippen LogP contribution is -2.29. The number of fused-ring (bicyclic) bond motifs is 2. The number of nitrogens with one attached hydrogen (secondary N) is 2. The van der Waals surface area contributed by atoms with Crippen molar-refractivity contribution in [2.75, 3.05) is 5.32 Å². The van der Waals surface area contributed by atoms with E-state index in [9.17, 15) is 14.4 Å². The van der Waals surface area contributed by atoms with Gasteiger partial charge in [-0.1, -0.05) is 24.3 Å². The van der Waals surface area contributed by atoms with Gasteiger partial charge in [0.1, 0.15) is 0 Å². The molecule has 7 heteroatoms. The molecule has 30 heavy (non-hydrogen) atoms. The largest absolute Gasteiger partial charge is 0.322 e. The van der Waals surface area contributed by atoms with Crippen LogP contribution in [0.2, 0.25) is 0 Å². The van der Waals surface area contributed by atoms with Gasteiger partial charge < -0.3 is 5.32 Å². The number of rotatable bonds is 4. The zero-order valence-electron chi connectivity index (χ0n) is 15.8. The van der Waals surface area contributed by atoms with E-state index in [1.54, 1.807) is 60.8 Å². The molecule has 7 nitrogen and oxygen atoms in total. The van der Waals surface area contributed by atoms with E-state index in [4.69, 9.17) is 0 Å². The summed E-state index contributed by atoms with van der Waals surface area (Å²) in [5.74, 6) is -0.843. The maximum atomic E-state index is 12.5. The fourth-order valence-electron chi connectivity index (χ4n) is 3.55. The van der Waals surface area contributed by atoms with Crippen LogP contribution >= 0.6 is 0 Å². The molecule has 0 spiro atoms. The molecule has 1 aliphatic heterocycles. The summed E-state index contributed by atoms with van der Waals surface area (Å²) in [6.07, 6.45) is 1.69. The third-order valence-electron chi connectivity index (χ3n) is 5.13. The maximum Gasteiger partial charge on any atom is 0.261 e. The normalized spacial score (nSPS) is 13.0. The monoisotopic (exact) mass is 396 g/mol. The third-order valence-corrected chi connectivity index (χ3v) is 5.13. The number of benzene rings is 3. The molecule has 0 bridgehead atoms. The number of carbonyl (C=O) groups is 3. The van der Waals surface area contributed by atoms with Crippen LogP contribution in [0.5, 0.6) is 0 Å². The quantitative estimate of drug-likeness (QED) is 0.515. The number of hydrogen-bond acceptors (Lipinski definition) is 4. The Morgan fingerprint density at radius 3 is 2.33 bits per heavy atom. The Balaban J connectivity index is 1.29. The van der Waals surface area contributed by atoms with Crippen LogP contribution < -0.4 is 5.32 Å². The predicted octanol–water partition coefficient (Wildman–Crippen LogP) is 3.61. The van der Waals surface area contributed by atoms with Crippen LogP contribution in [-0.2, 0) is 6.54 Å². The molecule has 0 atom stereocenters. The van der Waals surface area contributed by atoms with Gasteiger partial charge in [0.15, 0.2) is 0 Å². The lowest BCUT2D eigenvalue weighted by atomic mass is 10.1. The highest BCUT2D eigenvalue weighted by Crippen LogP contribution is 2.24. The van der Waals surface area contributed by atoms with Crippen molar-refractivity contribution in [3.63, 3.8) is 0 Å². The molecule has 1 aromatic heterocycles. The van der Waals surface area contributed by atoms with E-state index >= 15 is 0 Å². The topological polar surface area (TPSA) is 95.2 Å². The second-order valence-electron chi connectivity index (χ2n) is 7.07. The first-order chi connectivity index (χ1) is 14.6. The molecule has 0 saturated carbocycles. The molecule has 1 aliphatic rings. The van der Waals surface area contributed by atoms with Gasteiger partial charge in [0, 0.05) is 16.6 Å². The van der Waals surface area contributed by atoms with Gasteiger partial charge >= 0.3 is 0 Å². The average Bonchev–Trinajstić information content (AvgIpc) is 3.33. The van der Waals surface area contributed by atoms with Gasteiger partial charge in [0.05, 0.1) is 29.4 Å². The van der Waals surface area contributed by atoms with E-state index in [-0.39, 0.29) is 24.3 Å². The predicted molar refractivity (Wildman–Crippen MR) is 111 cm³/mol. The first-order valence-electron chi connectivity index (χ1n) is 9.39. The molecule has 3 amide bonds. The molecular formula is C23H16N4O3. The number of aromatic nitrogens is 2. The number of imide groups is 1. The highest BCUT2D eigenvalue weighted by atomic mass is 16.2. The summed E-state index contributed by atoms with van der Waals surface area (Å²) in [6.45, 7) is 0.158. The molecule has 2 N–H and O–H groups in total. The Labute approximate surface area is 171 Å². The lowest BCUT2D eigenvalue weighted by Gasteiger charge is -2.14. The Hall–Kier alpha value is -4.26. The van der Waals surface area contributed by atoms with Gasteiger partial charge in [0.25, 0.3) is 17.7 Å². The van der Waals surface area contributed by atoms with Gasteiger partial charge in [-0.25, -0.2) is 0 Å². The molecule has 146 valence electrons. The van der Waals surface area contributed by atoms with Crippen molar-refractivity contribution in [1.29, 1.82) is 0 Å². The fourth-order valence-corrected chi connectivity index (χ4v) is 3.55. The summed E-state index contributed by atoms with van der Waals surface area (Å²) >= 11 is 0. The molecule has 2 heterocycles. The van der Waals surface area contributed by atoms with Gasteiger partial charge in [-0.3, -0.25) is 24.4 Å². The molecule has 3 aromatic carbocycles. The van der Waals surface area contributed by atoms with Crippen LogP contribution in [0.3, 0.4) is 0 Å². The standard InChI is InChI=1S/C23H16N4O3/c28-21(25-17-9-10-20-16(11-17)12-24-26-20)15-7-5-14(6-8-15)13-27-22(29)18-3-1-2-4-19(18)23(27)30/h1-12H,13H2,(H,24,26)(H,25,28). The van der Waals surface area contributed by atoms with Crippen LogP contribution in [-0.4, -0.2) is 32.8 Å². The van der Waals surface area contributed by atoms with E-state index in [1.807, 2.05) is 12.1 Å². The Bertz CT molecular complexity index is 1270. The zero-order chi connectivity index (χ0) is 20.7. The van der Waals surface area contributed by atoms with E-state index in [2.05, 4.69) is 15.5 Å². The summed E-state index contributed by atoms with van der Waals surface area (Å²) < 4.78 is 0. The first kappa shape index (κ1) is 17.8. The summed E-state index contributed by atoms with van der Waals surface area (Å²) in [5.41, 5.74) is 3.66. The molecule has 5 rings (SSSR count). The highest BCUT2D eigenvalue weighted by Gasteiger charge is 2.34. The van der Waals surface area contributed by atoms with Crippen LogP contribution in [0, 0.1) is 0 Å². The minimum Gasteiger partial charge on any atom is -0.322 e. The third kappa shape index (κ3) is 3.02. The lowest BCUT2D eigenvalue weighted by molar-refractivity contribution is 0.0642. The van der Waals surface area contributed by atoms with Crippen molar-refractivity contribution in [3.05, 3.63) is 95.2 Å². The average molecular weight is 396 g/mol. The minimum atomic E-state index is -0.299. The van der Waals surface area contributed by atoms with Crippen LogP contribution in [0.15, 0.2) is 72.9 Å². The summed E-state index contributed by atoms with van der Waals surface area (Å²) in [6, 6.07) is 19.1. The SMILES string of the molecule is O=C(Nc1ccc2[nH]ncc2c1)c1ccc(CN2C(=O)c3ccccc3C2=O)cc1. The van der Waals surface area contributed by atoms with Crippen molar-refractivity contribution < 1.29 is 14.4 Å². The number of amides is 3. The second-order valence-corrected chi connectivity index (χ2v) is 7.07. The highest BCUT2D eigenvalue weighted by molar-refractivity contribution is 6.21. The molecule has 0 aliphatic carbocycles. The second kappa shape index (κ2) is 6.97. The van der Waals surface area contributed by atoms with E-state index in [1.165, 1.54) is 4.90 Å². The van der Waals surface area contributed by atoms with Crippen LogP contribution in [0.4, 0.5) is 5.69 Å². The molecule has 0 unspecified atom stereocenters. The van der Waals surface area contributed by atoms with Gasteiger partial charge in [-0.2, -0.15) is 5.10 Å². The number of hydrogen-bond donors (Lipinski definition) is 2. The number of aromatic amines is 1. The summed E-state index contributed by atoms with van der Waals surface area (Å²) in [5, 5.41) is 10.6. The van der Waals surface area contributed by atoms with Crippen LogP contribution in [0.1, 0.15) is 36.6 Å². The smallest absolute Gasteiger partial charge is 0.261 e. The summed E-state index contributed by atoms with van der Waals surface area (Å²) in [4.78, 5) is 38.8. The number of nitrogens with zero attached hydrogens (tertiary/aromatic N) is 2. The summed E-state index contributed by atoms with van der Waals surface area (Å²) in [7, 11) is 0. The fraction of sp³-hybridized carbons (Fsp3) is 0.0435. The van der Waals surface area contributed by atoms with Gasteiger partial charge in [0.2, 0.25) is 0 Å². The molecule has 0 fully saturated rings. The van der Waals surface area contributed by atoms with E-state index in [0.717, 1.165) is 16.5 Å². The maximum absolute atomic E-state index is 12.5. The van der Waals surface area contributed by atoms with Crippen molar-refractivity contribution in [1.82, 2.24) is 15.1 Å². The van der Waals surface area contributed by atoms with E-state index in [0.29, 0.717) is 22.4 Å². The zero-order valence-corrected chi connectivity index (χ0v) is 15.8.